The molecule has 0 atom stereocenters. The first-order valence-corrected chi connectivity index (χ1v) is 13.1. The second kappa shape index (κ2) is 12.8. The van der Waals surface area contributed by atoms with E-state index in [2.05, 4.69) is 38.1 Å². The van der Waals surface area contributed by atoms with Crippen LogP contribution in [0.4, 0.5) is 0 Å². The van der Waals surface area contributed by atoms with Gasteiger partial charge in [-0.15, -0.1) is 0 Å². The van der Waals surface area contributed by atoms with Gasteiger partial charge in [-0.2, -0.15) is 0 Å². The van der Waals surface area contributed by atoms with E-state index >= 15 is 0 Å². The summed E-state index contributed by atoms with van der Waals surface area (Å²) in [6.07, 6.45) is 18.0. The molecule has 3 rings (SSSR count). The van der Waals surface area contributed by atoms with Crippen molar-refractivity contribution in [2.45, 2.75) is 109 Å². The van der Waals surface area contributed by atoms with Crippen molar-refractivity contribution in [2.75, 3.05) is 0 Å². The van der Waals surface area contributed by atoms with Crippen LogP contribution in [-0.2, 0) is 11.8 Å². The van der Waals surface area contributed by atoms with Crippen molar-refractivity contribution in [1.29, 1.82) is 0 Å². The van der Waals surface area contributed by atoms with Gasteiger partial charge in [-0.3, -0.25) is 0 Å². The molecule has 0 spiro atoms. The minimum atomic E-state index is -0.273. The van der Waals surface area contributed by atoms with Gasteiger partial charge in [0.1, 0.15) is 5.75 Å². The molecule has 0 aromatic heterocycles. The van der Waals surface area contributed by atoms with E-state index < -0.39 is 0 Å². The molecule has 2 aromatic rings. The number of carbonyl (C=O) groups is 1. The van der Waals surface area contributed by atoms with E-state index in [1.165, 1.54) is 94.6 Å². The number of ether oxygens (including phenoxy) is 1. The van der Waals surface area contributed by atoms with E-state index in [0.717, 1.165) is 6.42 Å². The molecule has 0 unspecified atom stereocenters. The average Bonchev–Trinajstić information content (AvgIpc) is 2.83. The Balaban J connectivity index is 1.52. The van der Waals surface area contributed by atoms with E-state index in [1.54, 1.807) is 0 Å². The summed E-state index contributed by atoms with van der Waals surface area (Å²) in [7, 11) is 0. The monoisotopic (exact) mass is 434 g/mol. The fourth-order valence-corrected chi connectivity index (χ4v) is 5.35. The van der Waals surface area contributed by atoms with Crippen LogP contribution < -0.4 is 4.74 Å². The van der Waals surface area contributed by atoms with Crippen LogP contribution in [0.5, 0.6) is 5.75 Å². The van der Waals surface area contributed by atoms with Crippen LogP contribution in [0.15, 0.2) is 48.5 Å². The summed E-state index contributed by atoms with van der Waals surface area (Å²) in [4.78, 5) is 12.6. The molecule has 1 aliphatic rings. The maximum absolute atomic E-state index is 12.6. The quantitative estimate of drug-likeness (QED) is 0.189. The minimum absolute atomic E-state index is 0.273. The highest BCUT2D eigenvalue weighted by molar-refractivity contribution is 5.91. The molecular weight excluding hydrogens is 392 g/mol. The van der Waals surface area contributed by atoms with Gasteiger partial charge in [0, 0.05) is 0 Å². The number of esters is 1. The summed E-state index contributed by atoms with van der Waals surface area (Å²) in [6, 6.07) is 16.3. The molecule has 2 heteroatoms. The van der Waals surface area contributed by atoms with Gasteiger partial charge in [0.15, 0.2) is 0 Å². The lowest BCUT2D eigenvalue weighted by Crippen LogP contribution is -2.28. The SMILES string of the molecule is CCCCCCCCc1ccc(C(=O)Oc2ccc(C3(CCC)CCCCC3)cc2)cc1. The van der Waals surface area contributed by atoms with Crippen LogP contribution in [-0.4, -0.2) is 5.97 Å². The summed E-state index contributed by atoms with van der Waals surface area (Å²) in [5.41, 5.74) is 3.66. The van der Waals surface area contributed by atoms with Crippen LogP contribution in [0.3, 0.4) is 0 Å². The molecule has 0 N–H and O–H groups in total. The Hall–Kier alpha value is -2.09. The number of unbranched alkanes of at least 4 members (excludes halogenated alkanes) is 5. The van der Waals surface area contributed by atoms with Crippen LogP contribution in [0.25, 0.3) is 0 Å². The highest BCUT2D eigenvalue weighted by Gasteiger charge is 2.32. The van der Waals surface area contributed by atoms with Crippen molar-refractivity contribution >= 4 is 5.97 Å². The zero-order valence-corrected chi connectivity index (χ0v) is 20.3. The van der Waals surface area contributed by atoms with E-state index in [1.807, 2.05) is 24.3 Å². The predicted molar refractivity (Wildman–Crippen MR) is 135 cm³/mol. The molecule has 2 nitrogen and oxygen atoms in total. The second-order valence-electron chi connectivity index (χ2n) is 9.72. The Morgan fingerprint density at radius 3 is 2.09 bits per heavy atom. The molecule has 1 fully saturated rings. The summed E-state index contributed by atoms with van der Waals surface area (Å²) in [5.74, 6) is 0.363. The summed E-state index contributed by atoms with van der Waals surface area (Å²) in [6.45, 7) is 4.53. The summed E-state index contributed by atoms with van der Waals surface area (Å²) < 4.78 is 5.67. The molecule has 0 saturated heterocycles. The lowest BCUT2D eigenvalue weighted by Gasteiger charge is -2.38. The van der Waals surface area contributed by atoms with Crippen LogP contribution in [0.1, 0.15) is 119 Å². The van der Waals surface area contributed by atoms with Gasteiger partial charge in [-0.25, -0.2) is 4.79 Å². The Morgan fingerprint density at radius 2 is 1.44 bits per heavy atom. The molecule has 32 heavy (non-hydrogen) atoms. The number of hydrogen-bond acceptors (Lipinski definition) is 2. The van der Waals surface area contributed by atoms with Gasteiger partial charge >= 0.3 is 5.97 Å². The van der Waals surface area contributed by atoms with Gasteiger partial charge in [0.05, 0.1) is 5.56 Å². The highest BCUT2D eigenvalue weighted by Crippen LogP contribution is 2.43. The molecule has 1 saturated carbocycles. The van der Waals surface area contributed by atoms with Crippen molar-refractivity contribution in [3.05, 3.63) is 65.2 Å². The molecule has 2 aromatic carbocycles. The third-order valence-electron chi connectivity index (χ3n) is 7.23. The fourth-order valence-electron chi connectivity index (χ4n) is 5.35. The van der Waals surface area contributed by atoms with Gasteiger partial charge in [-0.05, 0) is 72.9 Å². The third kappa shape index (κ3) is 6.95. The Labute approximate surface area is 195 Å². The maximum Gasteiger partial charge on any atom is 0.343 e. The summed E-state index contributed by atoms with van der Waals surface area (Å²) >= 11 is 0. The Bertz CT molecular complexity index is 792. The summed E-state index contributed by atoms with van der Waals surface area (Å²) in [5, 5.41) is 0. The number of rotatable bonds is 12. The average molecular weight is 435 g/mol. The van der Waals surface area contributed by atoms with Crippen LogP contribution >= 0.6 is 0 Å². The first-order valence-electron chi connectivity index (χ1n) is 13.1. The fraction of sp³-hybridized carbons (Fsp3) is 0.567. The van der Waals surface area contributed by atoms with E-state index in [0.29, 0.717) is 16.7 Å². The van der Waals surface area contributed by atoms with E-state index in [4.69, 9.17) is 4.74 Å². The normalized spacial score (nSPS) is 15.4. The van der Waals surface area contributed by atoms with E-state index in [9.17, 15) is 4.79 Å². The molecule has 0 bridgehead atoms. The second-order valence-corrected chi connectivity index (χ2v) is 9.72. The zero-order chi connectivity index (χ0) is 22.7. The molecule has 0 heterocycles. The van der Waals surface area contributed by atoms with E-state index in [-0.39, 0.29) is 5.97 Å². The zero-order valence-electron chi connectivity index (χ0n) is 20.3. The predicted octanol–water partition coefficient (Wildman–Crippen LogP) is 8.81. The molecule has 0 amide bonds. The number of hydrogen-bond donors (Lipinski definition) is 0. The molecule has 0 aliphatic heterocycles. The third-order valence-corrected chi connectivity index (χ3v) is 7.23. The van der Waals surface area contributed by atoms with Crippen molar-refractivity contribution in [3.8, 4) is 5.75 Å². The highest BCUT2D eigenvalue weighted by atomic mass is 16.5. The van der Waals surface area contributed by atoms with Crippen molar-refractivity contribution in [3.63, 3.8) is 0 Å². The molecule has 174 valence electrons. The molecule has 1 aliphatic carbocycles. The minimum Gasteiger partial charge on any atom is -0.423 e. The van der Waals surface area contributed by atoms with Gasteiger partial charge in [-0.1, -0.05) is 95.9 Å². The van der Waals surface area contributed by atoms with Crippen molar-refractivity contribution in [2.24, 2.45) is 0 Å². The number of benzene rings is 2. The van der Waals surface area contributed by atoms with Gasteiger partial charge < -0.3 is 4.74 Å². The lowest BCUT2D eigenvalue weighted by atomic mass is 9.67. The standard InChI is InChI=1S/C30H42O2/c1-3-5-6-7-8-10-13-25-14-16-26(17-15-25)29(31)32-28-20-18-27(19-21-28)30(22-4-2)23-11-9-12-24-30/h14-21H,3-13,22-24H2,1-2H3. The number of aryl methyl sites for hydroxylation is 1. The topological polar surface area (TPSA) is 26.3 Å². The number of carbonyl (C=O) groups excluding carboxylic acids is 1. The Morgan fingerprint density at radius 1 is 0.781 bits per heavy atom. The lowest BCUT2D eigenvalue weighted by molar-refractivity contribution is 0.0734. The smallest absolute Gasteiger partial charge is 0.343 e. The first-order chi connectivity index (χ1) is 15.7. The maximum atomic E-state index is 12.6. The largest absolute Gasteiger partial charge is 0.423 e. The van der Waals surface area contributed by atoms with Crippen LogP contribution in [0.2, 0.25) is 0 Å². The molecule has 0 radical (unpaired) electrons. The molecular formula is C30H42O2. The van der Waals surface area contributed by atoms with Crippen LogP contribution in [0, 0.1) is 0 Å². The van der Waals surface area contributed by atoms with Gasteiger partial charge in [0.2, 0.25) is 0 Å². The van der Waals surface area contributed by atoms with Crippen molar-refractivity contribution < 1.29 is 9.53 Å². The first kappa shape index (κ1) is 24.6. The Kier molecular flexibility index (Phi) is 9.84. The van der Waals surface area contributed by atoms with Crippen molar-refractivity contribution in [1.82, 2.24) is 0 Å². The van der Waals surface area contributed by atoms with Gasteiger partial charge in [0.25, 0.3) is 0 Å².